The van der Waals surface area contributed by atoms with Crippen molar-refractivity contribution in [2.24, 2.45) is 4.99 Å². The summed E-state index contributed by atoms with van der Waals surface area (Å²) in [6, 6.07) is 10.2. The number of methoxy groups -OCH3 is 1. The van der Waals surface area contributed by atoms with E-state index in [1.807, 2.05) is 6.07 Å². The Bertz CT molecular complexity index is 1150. The van der Waals surface area contributed by atoms with Gasteiger partial charge in [0.2, 0.25) is 0 Å². The van der Waals surface area contributed by atoms with Crippen LogP contribution >= 0.6 is 22.9 Å². The molecule has 0 unspecified atom stereocenters. The highest BCUT2D eigenvalue weighted by molar-refractivity contribution is 7.16. The van der Waals surface area contributed by atoms with Gasteiger partial charge in [0.1, 0.15) is 19.8 Å². The van der Waals surface area contributed by atoms with Crippen LogP contribution in [0.2, 0.25) is 5.02 Å². The highest BCUT2D eigenvalue weighted by Gasteiger charge is 2.18. The number of nitrogens with zero attached hydrogens (tertiary/aromatic N) is 2. The predicted octanol–water partition coefficient (Wildman–Crippen LogP) is 3.04. The molecule has 2 heterocycles. The molecule has 0 N–H and O–H groups in total. The van der Waals surface area contributed by atoms with Crippen molar-refractivity contribution >= 4 is 45.0 Å². The molecule has 0 fully saturated rings. The summed E-state index contributed by atoms with van der Waals surface area (Å²) in [6.45, 7) is 0.832. The number of esters is 1. The van der Waals surface area contributed by atoms with Crippen LogP contribution in [0.15, 0.2) is 41.4 Å². The average molecular weight is 419 g/mol. The molecule has 7 nitrogen and oxygen atoms in total. The second kappa shape index (κ2) is 7.65. The van der Waals surface area contributed by atoms with Crippen molar-refractivity contribution in [3.63, 3.8) is 0 Å². The molecule has 1 aromatic heterocycles. The number of hydrogen-bond donors (Lipinski definition) is 0. The zero-order valence-electron chi connectivity index (χ0n) is 14.8. The Morgan fingerprint density at radius 3 is 2.68 bits per heavy atom. The van der Waals surface area contributed by atoms with Crippen LogP contribution < -0.4 is 14.3 Å². The van der Waals surface area contributed by atoms with E-state index in [2.05, 4.69) is 4.99 Å². The molecule has 9 heteroatoms. The highest BCUT2D eigenvalue weighted by Crippen LogP contribution is 2.35. The number of hydrogen-bond acceptors (Lipinski definition) is 6. The first-order valence-corrected chi connectivity index (χ1v) is 9.59. The molecule has 0 spiro atoms. The van der Waals surface area contributed by atoms with Crippen molar-refractivity contribution in [1.82, 2.24) is 4.57 Å². The van der Waals surface area contributed by atoms with E-state index in [1.165, 1.54) is 18.4 Å². The molecular formula is C19H15ClN2O5S. The number of halogens is 1. The molecule has 0 radical (unpaired) electrons. The maximum atomic E-state index is 12.6. The number of rotatable bonds is 3. The summed E-state index contributed by atoms with van der Waals surface area (Å²) in [7, 11) is 1.31. The van der Waals surface area contributed by atoms with Crippen LogP contribution in [0.25, 0.3) is 10.2 Å². The fourth-order valence-electron chi connectivity index (χ4n) is 2.81. The third kappa shape index (κ3) is 3.61. The van der Waals surface area contributed by atoms with E-state index in [4.69, 9.17) is 25.8 Å². The molecule has 28 heavy (non-hydrogen) atoms. The Kier molecular flexibility index (Phi) is 5.06. The summed E-state index contributed by atoms with van der Waals surface area (Å²) >= 11 is 7.24. The minimum Gasteiger partial charge on any atom is -0.486 e. The predicted molar refractivity (Wildman–Crippen MR) is 104 cm³/mol. The fraction of sp³-hybridized carbons (Fsp3) is 0.211. The normalized spacial score (nSPS) is 13.6. The third-order valence-corrected chi connectivity index (χ3v) is 5.41. The summed E-state index contributed by atoms with van der Waals surface area (Å²) in [4.78, 5) is 29.1. The first kappa shape index (κ1) is 18.5. The number of carbonyl (C=O) groups is 2. The van der Waals surface area contributed by atoms with Gasteiger partial charge in [0.15, 0.2) is 16.3 Å². The molecular weight excluding hydrogens is 404 g/mol. The van der Waals surface area contributed by atoms with Crippen LogP contribution in [0.4, 0.5) is 0 Å². The molecule has 0 bridgehead atoms. The van der Waals surface area contributed by atoms with Gasteiger partial charge in [-0.25, -0.2) is 0 Å². The van der Waals surface area contributed by atoms with Gasteiger partial charge in [0.25, 0.3) is 5.91 Å². The van der Waals surface area contributed by atoms with Gasteiger partial charge >= 0.3 is 5.97 Å². The SMILES string of the molecule is COC(=O)Cn1c(=NC(=O)c2cccc(Cl)c2)sc2cc3c(cc21)OCCO3. The van der Waals surface area contributed by atoms with Gasteiger partial charge in [-0.3, -0.25) is 9.59 Å². The molecule has 1 aliphatic heterocycles. The number of benzene rings is 2. The van der Waals surface area contributed by atoms with Gasteiger partial charge in [0.05, 0.1) is 17.3 Å². The van der Waals surface area contributed by atoms with Gasteiger partial charge < -0.3 is 18.8 Å². The highest BCUT2D eigenvalue weighted by atomic mass is 35.5. The van der Waals surface area contributed by atoms with E-state index in [9.17, 15) is 9.59 Å². The summed E-state index contributed by atoms with van der Waals surface area (Å²) in [5.41, 5.74) is 1.07. The van der Waals surface area contributed by atoms with Crippen LogP contribution in [-0.4, -0.2) is 36.8 Å². The molecule has 3 aromatic rings. The number of thiazole rings is 1. The lowest BCUT2D eigenvalue weighted by Gasteiger charge is -2.18. The molecule has 0 saturated carbocycles. The Morgan fingerprint density at radius 1 is 1.21 bits per heavy atom. The molecule has 144 valence electrons. The van der Waals surface area contributed by atoms with Crippen molar-refractivity contribution < 1.29 is 23.8 Å². The smallest absolute Gasteiger partial charge is 0.325 e. The number of ether oxygens (including phenoxy) is 3. The maximum absolute atomic E-state index is 12.6. The van der Waals surface area contributed by atoms with Crippen molar-refractivity contribution in [1.29, 1.82) is 0 Å². The second-order valence-electron chi connectivity index (χ2n) is 5.94. The van der Waals surface area contributed by atoms with E-state index in [0.29, 0.717) is 45.6 Å². The largest absolute Gasteiger partial charge is 0.486 e. The summed E-state index contributed by atoms with van der Waals surface area (Å²) in [6.07, 6.45) is 0. The summed E-state index contributed by atoms with van der Waals surface area (Å²) < 4.78 is 18.5. The summed E-state index contributed by atoms with van der Waals surface area (Å²) in [5, 5.41) is 0.446. The Balaban J connectivity index is 1.87. The molecule has 4 rings (SSSR count). The Morgan fingerprint density at radius 2 is 1.96 bits per heavy atom. The Labute approximate surface area is 168 Å². The Hall–Kier alpha value is -2.84. The van der Waals surface area contributed by atoms with Crippen LogP contribution in [0.1, 0.15) is 10.4 Å². The number of carbonyl (C=O) groups excluding carboxylic acids is 2. The van der Waals surface area contributed by atoms with E-state index in [0.717, 1.165) is 4.70 Å². The molecule has 0 atom stereocenters. The van der Waals surface area contributed by atoms with Gasteiger partial charge in [-0.1, -0.05) is 29.0 Å². The molecule has 0 saturated heterocycles. The quantitative estimate of drug-likeness (QED) is 0.611. The zero-order chi connectivity index (χ0) is 19.7. The van der Waals surface area contributed by atoms with E-state index in [-0.39, 0.29) is 6.54 Å². The van der Waals surface area contributed by atoms with Crippen molar-refractivity contribution in [3.05, 3.63) is 51.8 Å². The van der Waals surface area contributed by atoms with E-state index in [1.54, 1.807) is 34.9 Å². The molecule has 2 aromatic carbocycles. The molecule has 1 amide bonds. The zero-order valence-corrected chi connectivity index (χ0v) is 16.4. The fourth-order valence-corrected chi connectivity index (χ4v) is 4.04. The average Bonchev–Trinajstić information content (AvgIpc) is 3.02. The topological polar surface area (TPSA) is 79.1 Å². The second-order valence-corrected chi connectivity index (χ2v) is 7.38. The van der Waals surface area contributed by atoms with Crippen LogP contribution in [0.5, 0.6) is 11.5 Å². The minimum absolute atomic E-state index is 0.0855. The van der Waals surface area contributed by atoms with Crippen LogP contribution in [0, 0.1) is 0 Å². The van der Waals surface area contributed by atoms with Crippen LogP contribution in [0.3, 0.4) is 0 Å². The van der Waals surface area contributed by atoms with Gasteiger partial charge in [-0.15, -0.1) is 0 Å². The number of fused-ring (bicyclic) bond motifs is 2. The maximum Gasteiger partial charge on any atom is 0.325 e. The first-order valence-electron chi connectivity index (χ1n) is 8.39. The van der Waals surface area contributed by atoms with E-state index < -0.39 is 11.9 Å². The summed E-state index contributed by atoms with van der Waals surface area (Å²) in [5.74, 6) is 0.303. The van der Waals surface area contributed by atoms with Gasteiger partial charge in [-0.05, 0) is 18.2 Å². The molecule has 1 aliphatic rings. The minimum atomic E-state index is -0.454. The van der Waals surface area contributed by atoms with E-state index >= 15 is 0 Å². The third-order valence-electron chi connectivity index (χ3n) is 4.13. The first-order chi connectivity index (χ1) is 13.5. The lowest BCUT2D eigenvalue weighted by molar-refractivity contribution is -0.141. The molecule has 0 aliphatic carbocycles. The standard InChI is InChI=1S/C19H15ClN2O5S/c1-25-17(23)10-22-13-8-14-15(27-6-5-26-14)9-16(13)28-19(22)21-18(24)11-3-2-4-12(20)7-11/h2-4,7-9H,5-6,10H2,1H3. The van der Waals surface area contributed by atoms with Gasteiger partial charge in [0, 0.05) is 22.7 Å². The lowest BCUT2D eigenvalue weighted by atomic mass is 10.2. The van der Waals surface area contributed by atoms with Crippen LogP contribution in [-0.2, 0) is 16.1 Å². The lowest BCUT2D eigenvalue weighted by Crippen LogP contribution is -2.22. The van der Waals surface area contributed by atoms with Crippen molar-refractivity contribution in [2.45, 2.75) is 6.54 Å². The van der Waals surface area contributed by atoms with Crippen molar-refractivity contribution in [3.8, 4) is 11.5 Å². The van der Waals surface area contributed by atoms with Gasteiger partial charge in [-0.2, -0.15) is 4.99 Å². The monoisotopic (exact) mass is 418 g/mol. The number of amides is 1. The number of aromatic nitrogens is 1. The van der Waals surface area contributed by atoms with Crippen molar-refractivity contribution in [2.75, 3.05) is 20.3 Å².